The van der Waals surface area contributed by atoms with E-state index in [1.165, 1.54) is 30.2 Å². The molecule has 3 rings (SSSR count). The van der Waals surface area contributed by atoms with E-state index >= 15 is 0 Å². The second kappa shape index (κ2) is 3.25. The SMILES string of the molecule is IC1CCC(c2c[nH]c3[nH]ncc23)C1. The van der Waals surface area contributed by atoms with Gasteiger partial charge in [-0.2, -0.15) is 5.10 Å². The molecule has 1 fully saturated rings. The highest BCUT2D eigenvalue weighted by Crippen LogP contribution is 2.40. The number of rotatable bonds is 1. The number of alkyl halides is 1. The lowest BCUT2D eigenvalue weighted by Crippen LogP contribution is -1.92. The van der Waals surface area contributed by atoms with E-state index < -0.39 is 0 Å². The maximum atomic E-state index is 4.05. The first kappa shape index (κ1) is 8.76. The normalized spacial score (nSPS) is 27.5. The number of nitrogens with zero attached hydrogens (tertiary/aromatic N) is 1. The molecule has 2 N–H and O–H groups in total. The number of hydrogen-bond acceptors (Lipinski definition) is 1. The number of halogens is 1. The molecule has 0 aliphatic heterocycles. The molecule has 74 valence electrons. The van der Waals surface area contributed by atoms with Gasteiger partial charge in [-0.1, -0.05) is 22.6 Å². The van der Waals surface area contributed by atoms with Crippen LogP contribution in [-0.4, -0.2) is 19.1 Å². The molecule has 0 aromatic carbocycles. The van der Waals surface area contributed by atoms with E-state index in [0.717, 1.165) is 15.5 Å². The van der Waals surface area contributed by atoms with Crippen LogP contribution in [0.3, 0.4) is 0 Å². The zero-order valence-electron chi connectivity index (χ0n) is 7.76. The van der Waals surface area contributed by atoms with Crippen molar-refractivity contribution in [2.75, 3.05) is 0 Å². The Morgan fingerprint density at radius 1 is 1.43 bits per heavy atom. The largest absolute Gasteiger partial charge is 0.346 e. The fourth-order valence-corrected chi connectivity index (χ4v) is 3.36. The van der Waals surface area contributed by atoms with E-state index in [1.54, 1.807) is 0 Å². The minimum absolute atomic E-state index is 0.739. The minimum atomic E-state index is 0.739. The lowest BCUT2D eigenvalue weighted by atomic mass is 9.99. The first-order valence-corrected chi connectivity index (χ1v) is 6.23. The molecule has 3 nitrogen and oxygen atoms in total. The highest BCUT2D eigenvalue weighted by atomic mass is 127. The van der Waals surface area contributed by atoms with Crippen LogP contribution in [0.25, 0.3) is 11.0 Å². The topological polar surface area (TPSA) is 44.5 Å². The van der Waals surface area contributed by atoms with E-state index in [-0.39, 0.29) is 0 Å². The van der Waals surface area contributed by atoms with Crippen molar-refractivity contribution in [3.8, 4) is 0 Å². The molecule has 2 aromatic rings. The summed E-state index contributed by atoms with van der Waals surface area (Å²) in [5, 5.41) is 8.30. The maximum Gasteiger partial charge on any atom is 0.133 e. The molecule has 1 aliphatic carbocycles. The number of fused-ring (bicyclic) bond motifs is 1. The standard InChI is InChI=1S/C10H12IN3/c11-7-2-1-6(3-7)8-4-12-10-9(8)5-13-14-10/h4-7H,1-3H2,(H2,12,13,14). The quantitative estimate of drug-likeness (QED) is 0.617. The van der Waals surface area contributed by atoms with Crippen molar-refractivity contribution in [3.63, 3.8) is 0 Å². The number of nitrogens with one attached hydrogen (secondary N) is 2. The number of aromatic nitrogens is 3. The fraction of sp³-hybridized carbons (Fsp3) is 0.500. The molecular formula is C10H12IN3. The smallest absolute Gasteiger partial charge is 0.133 e. The molecule has 2 aromatic heterocycles. The van der Waals surface area contributed by atoms with Gasteiger partial charge >= 0.3 is 0 Å². The Kier molecular flexibility index (Phi) is 2.04. The summed E-state index contributed by atoms with van der Waals surface area (Å²) in [5.74, 6) is 0.739. The van der Waals surface area contributed by atoms with E-state index in [9.17, 15) is 0 Å². The predicted molar refractivity (Wildman–Crippen MR) is 64.8 cm³/mol. The average Bonchev–Trinajstić information content (AvgIpc) is 2.77. The van der Waals surface area contributed by atoms with Crippen LogP contribution in [-0.2, 0) is 0 Å². The van der Waals surface area contributed by atoms with Crippen LogP contribution in [0.15, 0.2) is 12.4 Å². The highest BCUT2D eigenvalue weighted by Gasteiger charge is 2.26. The summed E-state index contributed by atoms with van der Waals surface area (Å²) in [5.41, 5.74) is 2.52. The van der Waals surface area contributed by atoms with Gasteiger partial charge in [-0.25, -0.2) is 0 Å². The number of hydrogen-bond donors (Lipinski definition) is 2. The van der Waals surface area contributed by atoms with Gasteiger partial charge in [0.1, 0.15) is 5.65 Å². The van der Waals surface area contributed by atoms with Gasteiger partial charge in [-0.3, -0.25) is 5.10 Å². The Hall–Kier alpha value is -0.520. The second-order valence-corrected chi connectivity index (χ2v) is 5.77. The van der Waals surface area contributed by atoms with E-state index in [4.69, 9.17) is 0 Å². The van der Waals surface area contributed by atoms with Crippen LogP contribution in [0, 0.1) is 0 Å². The Morgan fingerprint density at radius 3 is 3.14 bits per heavy atom. The zero-order chi connectivity index (χ0) is 9.54. The van der Waals surface area contributed by atoms with Crippen LogP contribution >= 0.6 is 22.6 Å². The van der Waals surface area contributed by atoms with E-state index in [1.807, 2.05) is 6.20 Å². The molecular weight excluding hydrogens is 289 g/mol. The summed E-state index contributed by atoms with van der Waals surface area (Å²) < 4.78 is 0.856. The predicted octanol–water partition coefficient (Wildman–Crippen LogP) is 2.96. The van der Waals surface area contributed by atoms with Crippen molar-refractivity contribution in [1.29, 1.82) is 0 Å². The van der Waals surface area contributed by atoms with Crippen LogP contribution in [0.5, 0.6) is 0 Å². The molecule has 2 atom stereocenters. The van der Waals surface area contributed by atoms with E-state index in [0.29, 0.717) is 0 Å². The number of H-pyrrole nitrogens is 2. The molecule has 4 heteroatoms. The van der Waals surface area contributed by atoms with Gasteiger partial charge < -0.3 is 4.98 Å². The maximum absolute atomic E-state index is 4.05. The Balaban J connectivity index is 2.01. The molecule has 1 aliphatic rings. The van der Waals surface area contributed by atoms with Gasteiger partial charge in [-0.15, -0.1) is 0 Å². The molecule has 0 radical (unpaired) electrons. The monoisotopic (exact) mass is 301 g/mol. The lowest BCUT2D eigenvalue weighted by molar-refractivity contribution is 0.732. The van der Waals surface area contributed by atoms with Crippen molar-refractivity contribution < 1.29 is 0 Å². The van der Waals surface area contributed by atoms with Crippen molar-refractivity contribution >= 4 is 33.6 Å². The Labute approximate surface area is 95.8 Å². The average molecular weight is 301 g/mol. The molecule has 2 heterocycles. The summed E-state index contributed by atoms with van der Waals surface area (Å²) in [6.45, 7) is 0. The third-order valence-corrected chi connectivity index (χ3v) is 4.26. The summed E-state index contributed by atoms with van der Waals surface area (Å²) >= 11 is 2.56. The van der Waals surface area contributed by atoms with E-state index in [2.05, 4.69) is 44.0 Å². The van der Waals surface area contributed by atoms with Gasteiger partial charge in [0.15, 0.2) is 0 Å². The Morgan fingerprint density at radius 2 is 2.36 bits per heavy atom. The zero-order valence-corrected chi connectivity index (χ0v) is 9.91. The van der Waals surface area contributed by atoms with Crippen molar-refractivity contribution in [2.45, 2.75) is 29.1 Å². The van der Waals surface area contributed by atoms with Gasteiger partial charge in [0.2, 0.25) is 0 Å². The molecule has 0 amide bonds. The first-order chi connectivity index (χ1) is 6.84. The van der Waals surface area contributed by atoms with Crippen LogP contribution in [0.2, 0.25) is 0 Å². The summed E-state index contributed by atoms with van der Waals surface area (Å²) in [6.07, 6.45) is 8.07. The number of aromatic amines is 2. The first-order valence-electron chi connectivity index (χ1n) is 4.99. The summed E-state index contributed by atoms with van der Waals surface area (Å²) in [7, 11) is 0. The summed E-state index contributed by atoms with van der Waals surface area (Å²) in [6, 6.07) is 0. The molecule has 0 spiro atoms. The molecule has 14 heavy (non-hydrogen) atoms. The van der Waals surface area contributed by atoms with Crippen molar-refractivity contribution in [3.05, 3.63) is 18.0 Å². The second-order valence-electron chi connectivity index (χ2n) is 4.01. The lowest BCUT2D eigenvalue weighted by Gasteiger charge is -2.05. The van der Waals surface area contributed by atoms with Crippen molar-refractivity contribution in [2.24, 2.45) is 0 Å². The van der Waals surface area contributed by atoms with Crippen LogP contribution in [0.4, 0.5) is 0 Å². The van der Waals surface area contributed by atoms with Gasteiger partial charge in [-0.05, 0) is 30.7 Å². The molecule has 0 bridgehead atoms. The fourth-order valence-electron chi connectivity index (χ4n) is 2.39. The highest BCUT2D eigenvalue weighted by molar-refractivity contribution is 14.1. The van der Waals surface area contributed by atoms with Gasteiger partial charge in [0, 0.05) is 15.5 Å². The van der Waals surface area contributed by atoms with Crippen molar-refractivity contribution in [1.82, 2.24) is 15.2 Å². The van der Waals surface area contributed by atoms with Crippen LogP contribution < -0.4 is 0 Å². The molecule has 1 saturated carbocycles. The van der Waals surface area contributed by atoms with Gasteiger partial charge in [0.05, 0.1) is 6.20 Å². The van der Waals surface area contributed by atoms with Crippen LogP contribution in [0.1, 0.15) is 30.7 Å². The molecule has 2 unspecified atom stereocenters. The summed E-state index contributed by atoms with van der Waals surface area (Å²) in [4.78, 5) is 3.24. The minimum Gasteiger partial charge on any atom is -0.346 e. The Bertz CT molecular complexity index is 445. The molecule has 0 saturated heterocycles. The van der Waals surface area contributed by atoms with Gasteiger partial charge in [0.25, 0.3) is 0 Å². The third kappa shape index (κ3) is 1.27. The third-order valence-electron chi connectivity index (χ3n) is 3.13.